The number of hydrogen-bond acceptors (Lipinski definition) is 8. The molecule has 2 aromatic carbocycles. The van der Waals surface area contributed by atoms with Gasteiger partial charge in [0.1, 0.15) is 11.9 Å². The number of carbonyl (C=O) groups excluding carboxylic acids is 2. The van der Waals surface area contributed by atoms with Crippen molar-refractivity contribution in [3.05, 3.63) is 48.0 Å². The summed E-state index contributed by atoms with van der Waals surface area (Å²) in [5.41, 5.74) is 2.35. The molecule has 2 aliphatic heterocycles. The maximum Gasteiger partial charge on any atom is 0.707 e. The minimum absolute atomic E-state index is 0.0489. The molecule has 1 saturated heterocycles. The van der Waals surface area contributed by atoms with Gasteiger partial charge in [-0.15, -0.1) is 11.8 Å². The number of carbonyl (C=O) groups is 2. The second-order valence-electron chi connectivity index (χ2n) is 7.19. The summed E-state index contributed by atoms with van der Waals surface area (Å²) < 4.78 is 10.3. The number of nitrogens with one attached hydrogen (secondary N) is 2. The van der Waals surface area contributed by atoms with Crippen LogP contribution in [0.5, 0.6) is 5.75 Å². The van der Waals surface area contributed by atoms with E-state index in [9.17, 15) is 9.59 Å². The molecule has 0 spiro atoms. The van der Waals surface area contributed by atoms with E-state index in [-0.39, 0.29) is 12.0 Å². The first-order valence-electron chi connectivity index (χ1n) is 9.85. The molecule has 4 rings (SSSR count). The highest BCUT2D eigenvalue weighted by Crippen LogP contribution is 2.35. The van der Waals surface area contributed by atoms with Gasteiger partial charge in [0.15, 0.2) is 0 Å². The standard InChI is InChI=1S/C20H22BN3O6S/c25-19-12-31-18-5-4-14(9-17(18)23-19)24-11-16(29-20(24)26)6-7-22-10-13-2-1-3-15(8-13)30-21(27)28/h1-5,8-9,16,22,27-28H,6-7,10-12H2,(H,23,25)/t16-/m1/s1. The number of ether oxygens (including phenoxy) is 1. The SMILES string of the molecule is O=C1CSc2ccc(N3C[C@@H](CCNCc4cccc(OB(O)O)c4)OC3=O)cc2N1. The number of nitrogens with zero attached hydrogens (tertiary/aromatic N) is 1. The Morgan fingerprint density at radius 1 is 1.26 bits per heavy atom. The normalized spacial score (nSPS) is 17.7. The zero-order chi connectivity index (χ0) is 21.8. The summed E-state index contributed by atoms with van der Waals surface area (Å²) in [7, 11) is -1.85. The first-order chi connectivity index (χ1) is 15.0. The summed E-state index contributed by atoms with van der Waals surface area (Å²) in [6, 6.07) is 12.6. The lowest BCUT2D eigenvalue weighted by Gasteiger charge is -2.20. The molecule has 0 unspecified atom stereocenters. The lowest BCUT2D eigenvalue weighted by Crippen LogP contribution is -2.26. The van der Waals surface area contributed by atoms with E-state index in [4.69, 9.17) is 19.4 Å². The van der Waals surface area contributed by atoms with E-state index < -0.39 is 13.4 Å². The van der Waals surface area contributed by atoms with Crippen molar-refractivity contribution in [2.45, 2.75) is 24.0 Å². The van der Waals surface area contributed by atoms with Crippen LogP contribution in [-0.2, 0) is 16.1 Å². The molecule has 11 heteroatoms. The number of fused-ring (bicyclic) bond motifs is 1. The van der Waals surface area contributed by atoms with Gasteiger partial charge in [0.05, 0.1) is 18.0 Å². The molecule has 162 valence electrons. The second-order valence-corrected chi connectivity index (χ2v) is 8.21. The fourth-order valence-electron chi connectivity index (χ4n) is 3.47. The Bertz CT molecular complexity index is 976. The van der Waals surface area contributed by atoms with Crippen LogP contribution in [0.1, 0.15) is 12.0 Å². The Balaban J connectivity index is 1.27. The van der Waals surface area contributed by atoms with Gasteiger partial charge in [-0.05, 0) is 48.9 Å². The van der Waals surface area contributed by atoms with E-state index >= 15 is 0 Å². The van der Waals surface area contributed by atoms with Crippen LogP contribution in [0.15, 0.2) is 47.4 Å². The van der Waals surface area contributed by atoms with Crippen molar-refractivity contribution in [1.82, 2.24) is 5.32 Å². The second kappa shape index (κ2) is 9.61. The first-order valence-corrected chi connectivity index (χ1v) is 10.8. The fourth-order valence-corrected chi connectivity index (χ4v) is 4.26. The molecule has 0 saturated carbocycles. The van der Waals surface area contributed by atoms with Gasteiger partial charge in [0, 0.05) is 17.1 Å². The van der Waals surface area contributed by atoms with Crippen LogP contribution in [0.25, 0.3) is 0 Å². The monoisotopic (exact) mass is 443 g/mol. The lowest BCUT2D eigenvalue weighted by atomic mass is 10.2. The number of thioether (sulfide) groups is 1. The van der Waals surface area contributed by atoms with E-state index in [0.717, 1.165) is 16.1 Å². The number of hydrogen-bond donors (Lipinski definition) is 4. The summed E-state index contributed by atoms with van der Waals surface area (Å²) in [5, 5.41) is 23.9. The average Bonchev–Trinajstić information content (AvgIpc) is 3.11. The van der Waals surface area contributed by atoms with Gasteiger partial charge in [-0.2, -0.15) is 0 Å². The summed E-state index contributed by atoms with van der Waals surface area (Å²) in [5.74, 6) is 0.718. The van der Waals surface area contributed by atoms with Crippen LogP contribution in [0.3, 0.4) is 0 Å². The zero-order valence-corrected chi connectivity index (χ0v) is 17.4. The summed E-state index contributed by atoms with van der Waals surface area (Å²) >= 11 is 1.48. The van der Waals surface area contributed by atoms with Crippen LogP contribution in [-0.4, -0.2) is 54.3 Å². The average molecular weight is 443 g/mol. The van der Waals surface area contributed by atoms with Crippen LogP contribution >= 0.6 is 11.8 Å². The third-order valence-electron chi connectivity index (χ3n) is 4.89. The molecule has 1 fully saturated rings. The third kappa shape index (κ3) is 5.50. The molecule has 2 aliphatic rings. The number of anilines is 2. The molecule has 2 aromatic rings. The van der Waals surface area contributed by atoms with Gasteiger partial charge in [-0.25, -0.2) is 4.79 Å². The Morgan fingerprint density at radius 2 is 2.13 bits per heavy atom. The quantitative estimate of drug-likeness (QED) is 0.359. The molecule has 1 atom stereocenters. The molecule has 0 aromatic heterocycles. The van der Waals surface area contributed by atoms with Crippen molar-refractivity contribution in [3.8, 4) is 5.75 Å². The largest absolute Gasteiger partial charge is 0.707 e. The maximum atomic E-state index is 12.3. The molecule has 0 aliphatic carbocycles. The Kier molecular flexibility index (Phi) is 6.66. The molecule has 9 nitrogen and oxygen atoms in total. The summed E-state index contributed by atoms with van der Waals surface area (Å²) in [4.78, 5) is 26.5. The molecular formula is C20H22BN3O6S. The molecule has 2 amide bonds. The van der Waals surface area contributed by atoms with E-state index in [0.29, 0.717) is 43.2 Å². The van der Waals surface area contributed by atoms with Crippen molar-refractivity contribution in [1.29, 1.82) is 0 Å². The number of benzene rings is 2. The van der Waals surface area contributed by atoms with Crippen molar-refractivity contribution in [2.24, 2.45) is 0 Å². The minimum Gasteiger partial charge on any atom is -0.512 e. The molecular weight excluding hydrogens is 421 g/mol. The summed E-state index contributed by atoms with van der Waals surface area (Å²) in [6.45, 7) is 1.64. The maximum absolute atomic E-state index is 12.3. The highest BCUT2D eigenvalue weighted by atomic mass is 32.2. The van der Waals surface area contributed by atoms with Crippen molar-refractivity contribution in [3.63, 3.8) is 0 Å². The zero-order valence-electron chi connectivity index (χ0n) is 16.6. The molecule has 2 heterocycles. The van der Waals surface area contributed by atoms with Gasteiger partial charge >= 0.3 is 13.4 Å². The van der Waals surface area contributed by atoms with Crippen LogP contribution in [0, 0.1) is 0 Å². The minimum atomic E-state index is -1.85. The predicted molar refractivity (Wildman–Crippen MR) is 117 cm³/mol. The molecule has 0 bridgehead atoms. The number of amides is 2. The van der Waals surface area contributed by atoms with Crippen LogP contribution in [0.2, 0.25) is 0 Å². The van der Waals surface area contributed by atoms with E-state index in [1.165, 1.54) is 11.8 Å². The molecule has 31 heavy (non-hydrogen) atoms. The Hall–Kier alpha value is -2.73. The fraction of sp³-hybridized carbons (Fsp3) is 0.300. The van der Waals surface area contributed by atoms with Crippen molar-refractivity contribution < 1.29 is 29.0 Å². The van der Waals surface area contributed by atoms with Gasteiger partial charge in [0.25, 0.3) is 0 Å². The van der Waals surface area contributed by atoms with Gasteiger partial charge < -0.3 is 30.1 Å². The molecule has 4 N–H and O–H groups in total. The van der Waals surface area contributed by atoms with Gasteiger partial charge in [0.2, 0.25) is 5.91 Å². The van der Waals surface area contributed by atoms with Crippen molar-refractivity contribution >= 4 is 42.5 Å². The van der Waals surface area contributed by atoms with E-state index in [2.05, 4.69) is 10.6 Å². The third-order valence-corrected chi connectivity index (χ3v) is 5.97. The Morgan fingerprint density at radius 3 is 2.97 bits per heavy atom. The first kappa shape index (κ1) is 21.5. The highest BCUT2D eigenvalue weighted by Gasteiger charge is 2.32. The molecule has 0 radical (unpaired) electrons. The van der Waals surface area contributed by atoms with Gasteiger partial charge in [-0.3, -0.25) is 9.69 Å². The lowest BCUT2D eigenvalue weighted by molar-refractivity contribution is -0.113. The van der Waals surface area contributed by atoms with Gasteiger partial charge in [-0.1, -0.05) is 12.1 Å². The van der Waals surface area contributed by atoms with Crippen molar-refractivity contribution in [2.75, 3.05) is 29.1 Å². The highest BCUT2D eigenvalue weighted by molar-refractivity contribution is 8.00. The van der Waals surface area contributed by atoms with Crippen LogP contribution in [0.4, 0.5) is 16.2 Å². The van der Waals surface area contributed by atoms with E-state index in [1.54, 1.807) is 29.2 Å². The topological polar surface area (TPSA) is 120 Å². The van der Waals surface area contributed by atoms with E-state index in [1.807, 2.05) is 18.2 Å². The number of cyclic esters (lactones) is 1. The summed E-state index contributed by atoms with van der Waals surface area (Å²) in [6.07, 6.45) is 0.0112. The smallest absolute Gasteiger partial charge is 0.512 e. The number of rotatable bonds is 8. The predicted octanol–water partition coefficient (Wildman–Crippen LogP) is 1.58. The van der Waals surface area contributed by atoms with Crippen LogP contribution < -0.4 is 20.2 Å². The Labute approximate surface area is 183 Å².